The number of hydrogen-bond acceptors (Lipinski definition) is 4. The molecule has 4 nitrogen and oxygen atoms in total. The lowest BCUT2D eigenvalue weighted by Gasteiger charge is -2.11. The summed E-state index contributed by atoms with van der Waals surface area (Å²) in [7, 11) is 0. The highest BCUT2D eigenvalue weighted by atomic mass is 19.1. The van der Waals surface area contributed by atoms with Gasteiger partial charge in [-0.25, -0.2) is 14.4 Å². The molecule has 0 spiro atoms. The smallest absolute Gasteiger partial charge is 0.222 e. The quantitative estimate of drug-likeness (QED) is 0.866. The molecule has 0 aliphatic heterocycles. The van der Waals surface area contributed by atoms with Crippen LogP contribution in [0.3, 0.4) is 0 Å². The minimum absolute atomic E-state index is 0.101. The van der Waals surface area contributed by atoms with Gasteiger partial charge in [-0.3, -0.25) is 0 Å². The van der Waals surface area contributed by atoms with Gasteiger partial charge in [0.15, 0.2) is 0 Å². The van der Waals surface area contributed by atoms with Crippen molar-refractivity contribution < 1.29 is 4.39 Å². The van der Waals surface area contributed by atoms with Crippen LogP contribution in [0.1, 0.15) is 6.92 Å². The van der Waals surface area contributed by atoms with Gasteiger partial charge >= 0.3 is 0 Å². The lowest BCUT2D eigenvalue weighted by molar-refractivity contribution is 0.631. The molecule has 0 aliphatic rings. The molecule has 5 heteroatoms. The van der Waals surface area contributed by atoms with Crippen molar-refractivity contribution in [2.75, 3.05) is 11.9 Å². The molecule has 0 amide bonds. The van der Waals surface area contributed by atoms with Gasteiger partial charge in [0.1, 0.15) is 5.82 Å². The van der Waals surface area contributed by atoms with Gasteiger partial charge in [-0.2, -0.15) is 0 Å². The Balaban J connectivity index is 2.20. The number of nitrogens with one attached hydrogen (secondary N) is 1. The molecule has 3 N–H and O–H groups in total. The van der Waals surface area contributed by atoms with Crippen molar-refractivity contribution in [3.05, 3.63) is 42.5 Å². The Kier molecular flexibility index (Phi) is 3.84. The van der Waals surface area contributed by atoms with Crippen LogP contribution >= 0.6 is 0 Å². The van der Waals surface area contributed by atoms with E-state index in [0.717, 1.165) is 0 Å². The Labute approximate surface area is 105 Å². The largest absolute Gasteiger partial charge is 0.351 e. The number of nitrogens with two attached hydrogens (primary N) is 1. The second kappa shape index (κ2) is 5.55. The molecular formula is C13H15FN4. The van der Waals surface area contributed by atoms with E-state index >= 15 is 0 Å². The molecule has 0 saturated heterocycles. The van der Waals surface area contributed by atoms with E-state index in [1.165, 1.54) is 6.07 Å². The highest BCUT2D eigenvalue weighted by Gasteiger charge is 2.06. The van der Waals surface area contributed by atoms with E-state index in [1.807, 2.05) is 6.92 Å². The molecule has 1 aromatic heterocycles. The fourth-order valence-corrected chi connectivity index (χ4v) is 1.52. The predicted octanol–water partition coefficient (Wildman–Crippen LogP) is 2.04. The molecule has 1 atom stereocenters. The van der Waals surface area contributed by atoms with Crippen molar-refractivity contribution in [2.24, 2.45) is 5.73 Å². The second-order valence-corrected chi connectivity index (χ2v) is 4.06. The van der Waals surface area contributed by atoms with E-state index in [2.05, 4.69) is 15.3 Å². The monoisotopic (exact) mass is 246 g/mol. The van der Waals surface area contributed by atoms with Crippen molar-refractivity contribution in [2.45, 2.75) is 13.0 Å². The average molecular weight is 246 g/mol. The van der Waals surface area contributed by atoms with Gasteiger partial charge in [0.2, 0.25) is 5.95 Å². The third-order valence-electron chi connectivity index (χ3n) is 2.57. The van der Waals surface area contributed by atoms with Gasteiger partial charge < -0.3 is 11.1 Å². The van der Waals surface area contributed by atoms with E-state index in [1.54, 1.807) is 30.6 Å². The zero-order valence-electron chi connectivity index (χ0n) is 10.1. The fourth-order valence-electron chi connectivity index (χ4n) is 1.52. The van der Waals surface area contributed by atoms with E-state index in [0.29, 0.717) is 23.6 Å². The van der Waals surface area contributed by atoms with Crippen LogP contribution in [0, 0.1) is 5.82 Å². The number of halogens is 1. The Morgan fingerprint density at radius 3 is 2.56 bits per heavy atom. The van der Waals surface area contributed by atoms with Gasteiger partial charge in [-0.15, -0.1) is 0 Å². The van der Waals surface area contributed by atoms with Crippen molar-refractivity contribution in [1.82, 2.24) is 9.97 Å². The normalized spacial score (nSPS) is 12.2. The van der Waals surface area contributed by atoms with Gasteiger partial charge in [0.05, 0.1) is 0 Å². The molecular weight excluding hydrogens is 231 g/mol. The summed E-state index contributed by atoms with van der Waals surface area (Å²) in [6, 6.07) is 6.64. The first kappa shape index (κ1) is 12.4. The van der Waals surface area contributed by atoms with Crippen LogP contribution in [0.5, 0.6) is 0 Å². The first-order chi connectivity index (χ1) is 8.70. The van der Waals surface area contributed by atoms with Gasteiger partial charge in [-0.1, -0.05) is 18.2 Å². The first-order valence-corrected chi connectivity index (χ1v) is 5.74. The Morgan fingerprint density at radius 1 is 1.28 bits per heavy atom. The molecule has 0 bridgehead atoms. The van der Waals surface area contributed by atoms with Crippen LogP contribution in [-0.4, -0.2) is 22.6 Å². The van der Waals surface area contributed by atoms with Gasteiger partial charge in [0, 0.05) is 36.1 Å². The summed E-state index contributed by atoms with van der Waals surface area (Å²) in [5.74, 6) is 0.213. The number of hydrogen-bond donors (Lipinski definition) is 2. The number of benzene rings is 1. The summed E-state index contributed by atoms with van der Waals surface area (Å²) in [5.41, 5.74) is 6.64. The molecule has 1 aromatic carbocycles. The summed E-state index contributed by atoms with van der Waals surface area (Å²) in [6.07, 6.45) is 3.19. The maximum Gasteiger partial charge on any atom is 0.222 e. The summed E-state index contributed by atoms with van der Waals surface area (Å²) >= 11 is 0. The summed E-state index contributed by atoms with van der Waals surface area (Å²) in [6.45, 7) is 2.44. The number of rotatable bonds is 4. The number of aromatic nitrogens is 2. The van der Waals surface area contributed by atoms with Crippen LogP contribution in [0.25, 0.3) is 11.1 Å². The summed E-state index contributed by atoms with van der Waals surface area (Å²) in [5, 5.41) is 3.04. The molecule has 0 radical (unpaired) electrons. The fraction of sp³-hybridized carbons (Fsp3) is 0.231. The average Bonchev–Trinajstić information content (AvgIpc) is 2.40. The molecule has 2 rings (SSSR count). The SMILES string of the molecule is CC(CN)Nc1ncc(-c2ccccc2F)cn1. The maximum atomic E-state index is 13.6. The molecule has 1 heterocycles. The van der Waals surface area contributed by atoms with Crippen LogP contribution in [0.2, 0.25) is 0 Å². The van der Waals surface area contributed by atoms with E-state index < -0.39 is 0 Å². The molecule has 0 aliphatic carbocycles. The summed E-state index contributed by atoms with van der Waals surface area (Å²) < 4.78 is 13.6. The molecule has 0 fully saturated rings. The lowest BCUT2D eigenvalue weighted by Crippen LogP contribution is -2.26. The standard InChI is InChI=1S/C13H15FN4/c1-9(6-15)18-13-16-7-10(8-17-13)11-4-2-3-5-12(11)14/h2-5,7-9H,6,15H2,1H3,(H,16,17,18). The van der Waals surface area contributed by atoms with Gasteiger partial charge in [-0.05, 0) is 13.0 Å². The minimum Gasteiger partial charge on any atom is -0.351 e. The van der Waals surface area contributed by atoms with Crippen molar-refractivity contribution in [3.8, 4) is 11.1 Å². The Morgan fingerprint density at radius 2 is 1.94 bits per heavy atom. The zero-order chi connectivity index (χ0) is 13.0. The molecule has 1 unspecified atom stereocenters. The van der Waals surface area contributed by atoms with Crippen molar-refractivity contribution in [1.29, 1.82) is 0 Å². The third kappa shape index (κ3) is 2.81. The van der Waals surface area contributed by atoms with Crippen molar-refractivity contribution in [3.63, 3.8) is 0 Å². The molecule has 2 aromatic rings. The lowest BCUT2D eigenvalue weighted by atomic mass is 10.1. The molecule has 18 heavy (non-hydrogen) atoms. The number of nitrogens with zero attached hydrogens (tertiary/aromatic N) is 2. The number of anilines is 1. The second-order valence-electron chi connectivity index (χ2n) is 4.06. The predicted molar refractivity (Wildman–Crippen MR) is 69.6 cm³/mol. The zero-order valence-corrected chi connectivity index (χ0v) is 10.1. The maximum absolute atomic E-state index is 13.6. The van der Waals surface area contributed by atoms with Crippen LogP contribution in [-0.2, 0) is 0 Å². The topological polar surface area (TPSA) is 63.8 Å². The minimum atomic E-state index is -0.280. The molecule has 0 saturated carbocycles. The van der Waals surface area contributed by atoms with Crippen LogP contribution < -0.4 is 11.1 Å². The van der Waals surface area contributed by atoms with E-state index in [-0.39, 0.29) is 11.9 Å². The Bertz CT molecular complexity index is 513. The highest BCUT2D eigenvalue weighted by Crippen LogP contribution is 2.21. The summed E-state index contributed by atoms with van der Waals surface area (Å²) in [4.78, 5) is 8.28. The van der Waals surface area contributed by atoms with E-state index in [4.69, 9.17) is 5.73 Å². The van der Waals surface area contributed by atoms with Crippen molar-refractivity contribution >= 4 is 5.95 Å². The Hall–Kier alpha value is -2.01. The highest BCUT2D eigenvalue weighted by molar-refractivity contribution is 5.62. The molecule has 94 valence electrons. The first-order valence-electron chi connectivity index (χ1n) is 5.74. The third-order valence-corrected chi connectivity index (χ3v) is 2.57. The van der Waals surface area contributed by atoms with Crippen LogP contribution in [0.15, 0.2) is 36.7 Å². The van der Waals surface area contributed by atoms with Gasteiger partial charge in [0.25, 0.3) is 0 Å². The van der Waals surface area contributed by atoms with Crippen LogP contribution in [0.4, 0.5) is 10.3 Å². The van der Waals surface area contributed by atoms with E-state index in [9.17, 15) is 4.39 Å².